The number of hydrogen-bond acceptors (Lipinski definition) is 1. The first-order valence-electron chi connectivity index (χ1n) is 4.89. The molecule has 0 saturated carbocycles. The Morgan fingerprint density at radius 3 is 2.92 bits per heavy atom. The molecule has 0 saturated heterocycles. The van der Waals surface area contributed by atoms with Crippen molar-refractivity contribution >= 4 is 6.09 Å². The van der Waals surface area contributed by atoms with Gasteiger partial charge >= 0.3 is 6.09 Å². The maximum Gasteiger partial charge on any atom is 0.407 e. The van der Waals surface area contributed by atoms with E-state index >= 15 is 0 Å². The Balaban J connectivity index is 2.34. The summed E-state index contributed by atoms with van der Waals surface area (Å²) in [6.45, 7) is 3.42. The number of rotatable bonds is 3. The van der Waals surface area contributed by atoms with Gasteiger partial charge in [-0.3, -0.25) is 0 Å². The molecule has 0 spiro atoms. The van der Waals surface area contributed by atoms with E-state index in [0.717, 1.165) is 12.8 Å². The van der Waals surface area contributed by atoms with Crippen molar-refractivity contribution in [3.63, 3.8) is 0 Å². The van der Waals surface area contributed by atoms with Crippen molar-refractivity contribution in [1.82, 2.24) is 4.90 Å². The molecule has 1 heterocycles. The minimum absolute atomic E-state index is 0.578. The van der Waals surface area contributed by atoms with Gasteiger partial charge in [-0.1, -0.05) is 25.0 Å². The standard InChI is InChI=1S/C10H17NO2/c1-2-3-4-9-5-7-11(8-6-9)10(12)13/h5H,2-4,6-8H2,1H3,(H,12,13). The third-order valence-corrected chi connectivity index (χ3v) is 2.43. The second kappa shape index (κ2) is 4.90. The molecule has 1 rings (SSSR count). The Bertz CT molecular complexity index is 211. The highest BCUT2D eigenvalue weighted by molar-refractivity contribution is 5.65. The van der Waals surface area contributed by atoms with Crippen LogP contribution in [0.3, 0.4) is 0 Å². The molecule has 1 aliphatic rings. The number of nitrogens with zero attached hydrogens (tertiary/aromatic N) is 1. The van der Waals surface area contributed by atoms with Crippen molar-refractivity contribution < 1.29 is 9.90 Å². The zero-order valence-corrected chi connectivity index (χ0v) is 8.12. The Morgan fingerprint density at radius 2 is 2.46 bits per heavy atom. The normalized spacial score (nSPS) is 17.0. The van der Waals surface area contributed by atoms with Crippen LogP contribution in [0.25, 0.3) is 0 Å². The van der Waals surface area contributed by atoms with Gasteiger partial charge in [-0.2, -0.15) is 0 Å². The van der Waals surface area contributed by atoms with Crippen molar-refractivity contribution in [1.29, 1.82) is 0 Å². The molecule has 13 heavy (non-hydrogen) atoms. The largest absolute Gasteiger partial charge is 0.465 e. The van der Waals surface area contributed by atoms with Crippen LogP contribution in [-0.2, 0) is 0 Å². The monoisotopic (exact) mass is 183 g/mol. The highest BCUT2D eigenvalue weighted by Gasteiger charge is 2.14. The van der Waals surface area contributed by atoms with Crippen LogP contribution in [0.4, 0.5) is 4.79 Å². The molecule has 74 valence electrons. The zero-order chi connectivity index (χ0) is 9.68. The lowest BCUT2D eigenvalue weighted by Gasteiger charge is -2.23. The lowest BCUT2D eigenvalue weighted by atomic mass is 10.0. The fourth-order valence-corrected chi connectivity index (χ4v) is 1.52. The summed E-state index contributed by atoms with van der Waals surface area (Å²) in [6.07, 6.45) is 5.76. The maximum absolute atomic E-state index is 10.6. The molecule has 0 aromatic heterocycles. The van der Waals surface area contributed by atoms with Crippen molar-refractivity contribution in [2.45, 2.75) is 32.6 Å². The van der Waals surface area contributed by atoms with Crippen LogP contribution in [0.2, 0.25) is 0 Å². The molecular formula is C10H17NO2. The van der Waals surface area contributed by atoms with Crippen LogP contribution in [0.1, 0.15) is 32.6 Å². The van der Waals surface area contributed by atoms with Crippen LogP contribution in [0.15, 0.2) is 11.6 Å². The first-order valence-corrected chi connectivity index (χ1v) is 4.89. The maximum atomic E-state index is 10.6. The molecule has 1 N–H and O–H groups in total. The molecule has 1 amide bonds. The lowest BCUT2D eigenvalue weighted by molar-refractivity contribution is 0.148. The van der Waals surface area contributed by atoms with E-state index in [-0.39, 0.29) is 0 Å². The van der Waals surface area contributed by atoms with Gasteiger partial charge in [-0.25, -0.2) is 4.79 Å². The Kier molecular flexibility index (Phi) is 3.80. The topological polar surface area (TPSA) is 40.5 Å². The number of hydrogen-bond donors (Lipinski definition) is 1. The first-order chi connectivity index (χ1) is 6.24. The molecule has 0 fully saturated rings. The Morgan fingerprint density at radius 1 is 1.69 bits per heavy atom. The van der Waals surface area contributed by atoms with E-state index in [0.29, 0.717) is 13.1 Å². The Hall–Kier alpha value is -0.990. The average molecular weight is 183 g/mol. The summed E-state index contributed by atoms with van der Waals surface area (Å²) in [5.41, 5.74) is 1.43. The predicted octanol–water partition coefficient (Wildman–Crippen LogP) is 2.49. The molecule has 0 radical (unpaired) electrons. The van der Waals surface area contributed by atoms with Crippen molar-refractivity contribution in [3.8, 4) is 0 Å². The molecule has 0 unspecified atom stereocenters. The van der Waals surface area contributed by atoms with Crippen LogP contribution in [0.5, 0.6) is 0 Å². The summed E-state index contributed by atoms with van der Waals surface area (Å²) >= 11 is 0. The summed E-state index contributed by atoms with van der Waals surface area (Å²) < 4.78 is 0. The summed E-state index contributed by atoms with van der Waals surface area (Å²) in [4.78, 5) is 12.0. The van der Waals surface area contributed by atoms with Gasteiger partial charge in [0.1, 0.15) is 0 Å². The molecule has 3 nitrogen and oxygen atoms in total. The van der Waals surface area contributed by atoms with Crippen LogP contribution in [0, 0.1) is 0 Å². The molecule has 1 aliphatic heterocycles. The molecular weight excluding hydrogens is 166 g/mol. The van der Waals surface area contributed by atoms with Crippen LogP contribution in [-0.4, -0.2) is 29.2 Å². The van der Waals surface area contributed by atoms with Gasteiger partial charge in [0, 0.05) is 13.1 Å². The van der Waals surface area contributed by atoms with E-state index in [2.05, 4.69) is 13.0 Å². The van der Waals surface area contributed by atoms with E-state index < -0.39 is 6.09 Å². The van der Waals surface area contributed by atoms with Crippen molar-refractivity contribution in [2.75, 3.05) is 13.1 Å². The van der Waals surface area contributed by atoms with Gasteiger partial charge in [0.2, 0.25) is 0 Å². The number of carboxylic acid groups (broad SMARTS) is 1. The summed E-state index contributed by atoms with van der Waals surface area (Å²) in [7, 11) is 0. The summed E-state index contributed by atoms with van der Waals surface area (Å²) in [6, 6.07) is 0. The Labute approximate surface area is 79.0 Å². The van der Waals surface area contributed by atoms with Crippen molar-refractivity contribution in [3.05, 3.63) is 11.6 Å². The highest BCUT2D eigenvalue weighted by Crippen LogP contribution is 2.16. The third kappa shape index (κ3) is 3.09. The van der Waals surface area contributed by atoms with Crippen LogP contribution >= 0.6 is 0 Å². The minimum atomic E-state index is -0.800. The quantitative estimate of drug-likeness (QED) is 0.683. The van der Waals surface area contributed by atoms with Gasteiger partial charge in [0.25, 0.3) is 0 Å². The smallest absolute Gasteiger partial charge is 0.407 e. The highest BCUT2D eigenvalue weighted by atomic mass is 16.4. The second-order valence-electron chi connectivity index (χ2n) is 3.44. The number of carbonyl (C=O) groups is 1. The van der Waals surface area contributed by atoms with Gasteiger partial charge in [0.05, 0.1) is 0 Å². The minimum Gasteiger partial charge on any atom is -0.465 e. The molecule has 0 aromatic carbocycles. The van der Waals surface area contributed by atoms with Gasteiger partial charge in [-0.05, 0) is 19.3 Å². The van der Waals surface area contributed by atoms with Crippen LogP contribution < -0.4 is 0 Å². The molecule has 3 heteroatoms. The van der Waals surface area contributed by atoms with Gasteiger partial charge in [0.15, 0.2) is 0 Å². The third-order valence-electron chi connectivity index (χ3n) is 2.43. The van der Waals surface area contributed by atoms with E-state index in [4.69, 9.17) is 5.11 Å². The van der Waals surface area contributed by atoms with E-state index in [9.17, 15) is 4.79 Å². The fourth-order valence-electron chi connectivity index (χ4n) is 1.52. The second-order valence-corrected chi connectivity index (χ2v) is 3.44. The number of amides is 1. The van der Waals surface area contributed by atoms with E-state index in [1.165, 1.54) is 23.3 Å². The first kappa shape index (κ1) is 10.1. The van der Waals surface area contributed by atoms with E-state index in [1.807, 2.05) is 0 Å². The molecule has 0 atom stereocenters. The lowest BCUT2D eigenvalue weighted by Crippen LogP contribution is -2.33. The van der Waals surface area contributed by atoms with Crippen molar-refractivity contribution in [2.24, 2.45) is 0 Å². The zero-order valence-electron chi connectivity index (χ0n) is 8.12. The summed E-state index contributed by atoms with van der Waals surface area (Å²) in [5.74, 6) is 0. The summed E-state index contributed by atoms with van der Waals surface area (Å²) in [5, 5.41) is 8.70. The SMILES string of the molecule is CCCCC1=CCN(C(=O)O)CC1. The molecule has 0 aliphatic carbocycles. The van der Waals surface area contributed by atoms with Gasteiger partial charge in [-0.15, -0.1) is 0 Å². The average Bonchev–Trinajstić information content (AvgIpc) is 2.15. The fraction of sp³-hybridized carbons (Fsp3) is 0.700. The van der Waals surface area contributed by atoms with Gasteiger partial charge < -0.3 is 10.0 Å². The number of unbranched alkanes of at least 4 members (excludes halogenated alkanes) is 1. The van der Waals surface area contributed by atoms with E-state index in [1.54, 1.807) is 0 Å². The molecule has 0 aromatic rings. The predicted molar refractivity (Wildman–Crippen MR) is 51.8 cm³/mol. The molecule has 0 bridgehead atoms.